The summed E-state index contributed by atoms with van der Waals surface area (Å²) in [4.78, 5) is 4.59. The molecule has 146 valence electrons. The van der Waals surface area contributed by atoms with E-state index in [4.69, 9.17) is 14.2 Å². The van der Waals surface area contributed by atoms with Crippen molar-refractivity contribution in [2.75, 3.05) is 26.9 Å². The Morgan fingerprint density at radius 3 is 2.46 bits per heavy atom. The summed E-state index contributed by atoms with van der Waals surface area (Å²) >= 11 is 0. The number of oxime groups is 1. The van der Waals surface area contributed by atoms with Crippen LogP contribution in [0.1, 0.15) is 44.2 Å². The number of aryl methyl sites for hydroxylation is 2. The minimum atomic E-state index is 0.204. The highest BCUT2D eigenvalue weighted by atomic mass is 16.6. The Labute approximate surface area is 158 Å². The molecule has 0 bridgehead atoms. The summed E-state index contributed by atoms with van der Waals surface area (Å²) in [5.41, 5.74) is 2.21. The van der Waals surface area contributed by atoms with E-state index in [1.165, 1.54) is 7.11 Å². The zero-order valence-corrected chi connectivity index (χ0v) is 16.8. The van der Waals surface area contributed by atoms with Crippen molar-refractivity contribution < 1.29 is 19.0 Å². The third-order valence-corrected chi connectivity index (χ3v) is 3.90. The zero-order chi connectivity index (χ0) is 19.2. The Hall–Kier alpha value is -2.01. The summed E-state index contributed by atoms with van der Waals surface area (Å²) in [5.74, 6) is 1.84. The first-order valence-electron chi connectivity index (χ1n) is 9.23. The highest BCUT2D eigenvalue weighted by Gasteiger charge is 2.08. The lowest BCUT2D eigenvalue weighted by Gasteiger charge is -2.15. The third kappa shape index (κ3) is 8.90. The van der Waals surface area contributed by atoms with E-state index in [-0.39, 0.29) is 6.10 Å². The Bertz CT molecular complexity index is 546. The van der Waals surface area contributed by atoms with Crippen LogP contribution in [0.25, 0.3) is 0 Å². The first-order chi connectivity index (χ1) is 12.6. The molecule has 0 aliphatic heterocycles. The van der Waals surface area contributed by atoms with Crippen LogP contribution in [0.2, 0.25) is 0 Å². The lowest BCUT2D eigenvalue weighted by Crippen LogP contribution is -2.10. The molecule has 0 saturated carbocycles. The molecule has 0 spiro atoms. The Kier molecular flexibility index (Phi) is 11.2. The number of nitrogens with zero attached hydrogens (tertiary/aromatic N) is 1. The number of hydrogen-bond acceptors (Lipinski definition) is 5. The molecule has 0 radical (unpaired) electrons. The van der Waals surface area contributed by atoms with Gasteiger partial charge in [0.15, 0.2) is 0 Å². The monoisotopic (exact) mass is 363 g/mol. The van der Waals surface area contributed by atoms with Gasteiger partial charge in [-0.25, -0.2) is 0 Å². The van der Waals surface area contributed by atoms with Crippen molar-refractivity contribution in [3.8, 4) is 11.5 Å². The maximum Gasteiger partial charge on any atom is 0.125 e. The van der Waals surface area contributed by atoms with Crippen LogP contribution in [0.5, 0.6) is 11.5 Å². The fourth-order valence-corrected chi connectivity index (χ4v) is 2.57. The quantitative estimate of drug-likeness (QED) is 0.218. The zero-order valence-electron chi connectivity index (χ0n) is 16.8. The van der Waals surface area contributed by atoms with Crippen molar-refractivity contribution >= 4 is 6.21 Å². The highest BCUT2D eigenvalue weighted by molar-refractivity contribution is 5.57. The van der Waals surface area contributed by atoms with Gasteiger partial charge in [0.05, 0.1) is 25.5 Å². The molecular weight excluding hydrogens is 330 g/mol. The molecule has 1 rings (SSSR count). The van der Waals surface area contributed by atoms with Crippen molar-refractivity contribution in [3.63, 3.8) is 0 Å². The topological polar surface area (TPSA) is 49.3 Å². The van der Waals surface area contributed by atoms with Gasteiger partial charge in [-0.2, -0.15) is 0 Å². The first-order valence-corrected chi connectivity index (χ1v) is 9.23. The average molecular weight is 363 g/mol. The van der Waals surface area contributed by atoms with Gasteiger partial charge in [0.25, 0.3) is 0 Å². The molecular formula is C21H33NO4. The number of benzene rings is 1. The molecule has 0 saturated heterocycles. The second-order valence-corrected chi connectivity index (χ2v) is 6.22. The Morgan fingerprint density at radius 2 is 1.81 bits per heavy atom. The van der Waals surface area contributed by atoms with Gasteiger partial charge >= 0.3 is 0 Å². The normalized spacial score (nSPS) is 12.7. The van der Waals surface area contributed by atoms with Gasteiger partial charge in [0.1, 0.15) is 25.2 Å². The fourth-order valence-electron chi connectivity index (χ4n) is 2.57. The predicted molar refractivity (Wildman–Crippen MR) is 106 cm³/mol. The number of allylic oxidation sites excluding steroid dienone is 1. The third-order valence-electron chi connectivity index (χ3n) is 3.90. The molecule has 1 atom stereocenters. The summed E-state index contributed by atoms with van der Waals surface area (Å²) in [7, 11) is 1.52. The van der Waals surface area contributed by atoms with Crippen LogP contribution in [0, 0.1) is 13.8 Å². The van der Waals surface area contributed by atoms with Crippen LogP contribution in [0.3, 0.4) is 0 Å². The molecule has 0 fully saturated rings. The number of rotatable bonds is 13. The standard InChI is InChI=1S/C21H33NO4/c1-6-7-12-25-20-15-17(2)21(18(3)16-20)26-13-9-8-10-19(4)24-14-11-22-23-5/h6-7,11,15-16,19H,8-10,12-14H2,1-5H3/b7-6+,22-11+. The van der Waals surface area contributed by atoms with Gasteiger partial charge in [-0.05, 0) is 70.2 Å². The van der Waals surface area contributed by atoms with Crippen LogP contribution in [-0.4, -0.2) is 39.2 Å². The van der Waals surface area contributed by atoms with E-state index in [1.807, 2.05) is 31.2 Å². The molecule has 0 heterocycles. The minimum absolute atomic E-state index is 0.204. The van der Waals surface area contributed by atoms with Crippen LogP contribution in [0.4, 0.5) is 0 Å². The van der Waals surface area contributed by atoms with Crippen LogP contribution in [-0.2, 0) is 9.57 Å². The fraction of sp³-hybridized carbons (Fsp3) is 0.571. The van der Waals surface area contributed by atoms with Gasteiger partial charge in [-0.15, -0.1) is 0 Å². The molecule has 1 unspecified atom stereocenters. The molecule has 1 aromatic carbocycles. The van der Waals surface area contributed by atoms with Gasteiger partial charge < -0.3 is 19.0 Å². The predicted octanol–water partition coefficient (Wildman–Crippen LogP) is 4.84. The maximum atomic E-state index is 6.00. The minimum Gasteiger partial charge on any atom is -0.493 e. The molecule has 26 heavy (non-hydrogen) atoms. The van der Waals surface area contributed by atoms with Crippen molar-refractivity contribution in [1.29, 1.82) is 0 Å². The lowest BCUT2D eigenvalue weighted by molar-refractivity contribution is 0.0859. The lowest BCUT2D eigenvalue weighted by atomic mass is 10.1. The molecule has 1 aromatic rings. The molecule has 0 N–H and O–H groups in total. The van der Waals surface area contributed by atoms with Crippen molar-refractivity contribution in [2.45, 2.75) is 53.1 Å². The van der Waals surface area contributed by atoms with E-state index >= 15 is 0 Å². The van der Waals surface area contributed by atoms with Gasteiger partial charge in [0.2, 0.25) is 0 Å². The summed E-state index contributed by atoms with van der Waals surface area (Å²) in [6.07, 6.45) is 8.86. The first kappa shape index (κ1) is 22.0. The Morgan fingerprint density at radius 1 is 1.08 bits per heavy atom. The molecule has 5 heteroatoms. The molecule has 5 nitrogen and oxygen atoms in total. The van der Waals surface area contributed by atoms with Crippen molar-refractivity contribution in [3.05, 3.63) is 35.4 Å². The molecule has 0 aromatic heterocycles. The number of unbranched alkanes of at least 4 members (excludes halogenated alkanes) is 1. The SMILES string of the molecule is C/C=C/COc1cc(C)c(OCCCCC(C)OC/C=N/OC)c(C)c1. The summed E-state index contributed by atoms with van der Waals surface area (Å²) in [6, 6.07) is 4.06. The molecule has 0 aliphatic carbocycles. The van der Waals surface area contributed by atoms with E-state index < -0.39 is 0 Å². The molecule has 0 amide bonds. The van der Waals surface area contributed by atoms with E-state index in [2.05, 4.69) is 30.8 Å². The molecule has 0 aliphatic rings. The van der Waals surface area contributed by atoms with E-state index in [1.54, 1.807) is 6.21 Å². The highest BCUT2D eigenvalue weighted by Crippen LogP contribution is 2.28. The van der Waals surface area contributed by atoms with E-state index in [0.717, 1.165) is 41.9 Å². The maximum absolute atomic E-state index is 6.00. The summed E-state index contributed by atoms with van der Waals surface area (Å²) in [5, 5.41) is 3.65. The number of ether oxygens (including phenoxy) is 3. The van der Waals surface area contributed by atoms with Crippen molar-refractivity contribution in [1.82, 2.24) is 0 Å². The van der Waals surface area contributed by atoms with Crippen LogP contribution < -0.4 is 9.47 Å². The Balaban J connectivity index is 2.31. The van der Waals surface area contributed by atoms with Gasteiger partial charge in [-0.3, -0.25) is 0 Å². The van der Waals surface area contributed by atoms with Gasteiger partial charge in [0, 0.05) is 0 Å². The largest absolute Gasteiger partial charge is 0.493 e. The van der Waals surface area contributed by atoms with E-state index in [9.17, 15) is 0 Å². The van der Waals surface area contributed by atoms with E-state index in [0.29, 0.717) is 19.8 Å². The second-order valence-electron chi connectivity index (χ2n) is 6.22. The second kappa shape index (κ2) is 13.2. The summed E-state index contributed by atoms with van der Waals surface area (Å²) < 4.78 is 17.3. The summed E-state index contributed by atoms with van der Waals surface area (Å²) in [6.45, 7) is 9.95. The van der Waals surface area contributed by atoms with Crippen molar-refractivity contribution in [2.24, 2.45) is 5.16 Å². The van der Waals surface area contributed by atoms with Crippen LogP contribution in [0.15, 0.2) is 29.4 Å². The average Bonchev–Trinajstić information content (AvgIpc) is 2.60. The number of hydrogen-bond donors (Lipinski definition) is 0. The van der Waals surface area contributed by atoms with Crippen LogP contribution >= 0.6 is 0 Å². The van der Waals surface area contributed by atoms with Gasteiger partial charge in [-0.1, -0.05) is 17.3 Å². The smallest absolute Gasteiger partial charge is 0.125 e.